The molecule has 0 radical (unpaired) electrons. The van der Waals surface area contributed by atoms with Gasteiger partial charge in [-0.1, -0.05) is 6.07 Å². The van der Waals surface area contributed by atoms with Gasteiger partial charge in [-0.3, -0.25) is 4.79 Å². The predicted octanol–water partition coefficient (Wildman–Crippen LogP) is 0.305. The molecular formula is C13H17FN2O4S. The fraction of sp³-hybridized carbons (Fsp3) is 0.462. The lowest BCUT2D eigenvalue weighted by Gasteiger charge is -2.33. The Morgan fingerprint density at radius 3 is 2.52 bits per heavy atom. The first-order valence-corrected chi connectivity index (χ1v) is 7.91. The molecule has 1 amide bonds. The van der Waals surface area contributed by atoms with Gasteiger partial charge in [0.05, 0.1) is 4.90 Å². The van der Waals surface area contributed by atoms with Crippen LogP contribution in [0.5, 0.6) is 0 Å². The van der Waals surface area contributed by atoms with Gasteiger partial charge in [-0.15, -0.1) is 0 Å². The van der Waals surface area contributed by atoms with Crippen LogP contribution in [0.1, 0.15) is 0 Å². The van der Waals surface area contributed by atoms with E-state index in [2.05, 4.69) is 0 Å². The Labute approximate surface area is 123 Å². The fourth-order valence-corrected chi connectivity index (χ4v) is 3.62. The van der Waals surface area contributed by atoms with Crippen LogP contribution in [0, 0.1) is 5.82 Å². The monoisotopic (exact) mass is 316 g/mol. The number of hydrogen-bond donors (Lipinski definition) is 0. The van der Waals surface area contributed by atoms with Gasteiger partial charge in [-0.25, -0.2) is 12.8 Å². The van der Waals surface area contributed by atoms with Gasteiger partial charge in [0, 0.05) is 33.3 Å². The number of amides is 1. The molecule has 0 spiro atoms. The van der Waals surface area contributed by atoms with Crippen molar-refractivity contribution in [3.05, 3.63) is 30.1 Å². The van der Waals surface area contributed by atoms with Crippen molar-refractivity contribution < 1.29 is 22.3 Å². The van der Waals surface area contributed by atoms with Gasteiger partial charge >= 0.3 is 0 Å². The van der Waals surface area contributed by atoms with Crippen LogP contribution in [0.25, 0.3) is 0 Å². The highest BCUT2D eigenvalue weighted by Gasteiger charge is 2.30. The van der Waals surface area contributed by atoms with Gasteiger partial charge in [-0.2, -0.15) is 4.31 Å². The van der Waals surface area contributed by atoms with E-state index in [1.165, 1.54) is 29.6 Å². The maximum atomic E-state index is 13.2. The molecule has 1 aliphatic rings. The zero-order valence-corrected chi connectivity index (χ0v) is 12.5. The van der Waals surface area contributed by atoms with Crippen LogP contribution in [0.2, 0.25) is 0 Å². The molecule has 0 aromatic heterocycles. The van der Waals surface area contributed by atoms with Crippen LogP contribution in [0.3, 0.4) is 0 Å². The second-order valence-corrected chi connectivity index (χ2v) is 6.61. The zero-order valence-electron chi connectivity index (χ0n) is 11.7. The number of carbonyl (C=O) groups excluding carboxylic acids is 1. The Kier molecular flexibility index (Phi) is 4.92. The number of piperazine rings is 1. The lowest BCUT2D eigenvalue weighted by molar-refractivity contribution is -0.136. The minimum absolute atomic E-state index is 0.0172. The molecule has 8 heteroatoms. The van der Waals surface area contributed by atoms with E-state index < -0.39 is 15.8 Å². The molecule has 0 saturated carbocycles. The Bertz CT molecular complexity index is 612. The van der Waals surface area contributed by atoms with Crippen LogP contribution < -0.4 is 0 Å². The summed E-state index contributed by atoms with van der Waals surface area (Å²) in [5.41, 5.74) is 0. The molecule has 6 nitrogen and oxygen atoms in total. The van der Waals surface area contributed by atoms with E-state index >= 15 is 0 Å². The minimum atomic E-state index is -3.72. The molecule has 2 rings (SSSR count). The second kappa shape index (κ2) is 6.50. The van der Waals surface area contributed by atoms with Gasteiger partial charge in [0.2, 0.25) is 15.9 Å². The third kappa shape index (κ3) is 3.58. The van der Waals surface area contributed by atoms with Crippen molar-refractivity contribution in [1.29, 1.82) is 0 Å². The molecule has 1 aromatic rings. The highest BCUT2D eigenvalue weighted by atomic mass is 32.2. The number of halogens is 1. The number of benzene rings is 1. The summed E-state index contributed by atoms with van der Waals surface area (Å²) in [6, 6.07) is 4.92. The smallest absolute Gasteiger partial charge is 0.248 e. The molecule has 116 valence electrons. The lowest BCUT2D eigenvalue weighted by atomic mass is 10.3. The number of methoxy groups -OCH3 is 1. The summed E-state index contributed by atoms with van der Waals surface area (Å²) in [7, 11) is -2.29. The summed E-state index contributed by atoms with van der Waals surface area (Å²) in [6.45, 7) is 0.965. The highest BCUT2D eigenvalue weighted by molar-refractivity contribution is 7.89. The number of nitrogens with zero attached hydrogens (tertiary/aromatic N) is 2. The minimum Gasteiger partial charge on any atom is -0.375 e. The third-order valence-electron chi connectivity index (χ3n) is 3.29. The molecule has 1 aromatic carbocycles. The fourth-order valence-electron chi connectivity index (χ4n) is 2.17. The number of ether oxygens (including phenoxy) is 1. The maximum absolute atomic E-state index is 13.2. The number of rotatable bonds is 4. The summed E-state index contributed by atoms with van der Waals surface area (Å²) in [6.07, 6.45) is 0. The molecule has 0 atom stereocenters. The quantitative estimate of drug-likeness (QED) is 0.801. The average molecular weight is 316 g/mol. The number of sulfonamides is 1. The lowest BCUT2D eigenvalue weighted by Crippen LogP contribution is -2.51. The maximum Gasteiger partial charge on any atom is 0.248 e. The third-order valence-corrected chi connectivity index (χ3v) is 5.19. The zero-order chi connectivity index (χ0) is 15.5. The molecule has 0 N–H and O–H groups in total. The van der Waals surface area contributed by atoms with Crippen LogP contribution in [0.4, 0.5) is 4.39 Å². The Morgan fingerprint density at radius 1 is 1.29 bits per heavy atom. The summed E-state index contributed by atoms with van der Waals surface area (Å²) >= 11 is 0. The molecule has 0 unspecified atom stereocenters. The largest absolute Gasteiger partial charge is 0.375 e. The number of hydrogen-bond acceptors (Lipinski definition) is 4. The molecule has 21 heavy (non-hydrogen) atoms. The van der Waals surface area contributed by atoms with E-state index in [1.54, 1.807) is 4.90 Å². The van der Waals surface area contributed by atoms with Crippen LogP contribution in [-0.4, -0.2) is 63.4 Å². The molecule has 1 aliphatic heterocycles. The first-order valence-electron chi connectivity index (χ1n) is 6.47. The summed E-state index contributed by atoms with van der Waals surface area (Å²) < 4.78 is 43.9. The van der Waals surface area contributed by atoms with Gasteiger partial charge < -0.3 is 9.64 Å². The molecule has 1 saturated heterocycles. The molecular weight excluding hydrogens is 299 g/mol. The van der Waals surface area contributed by atoms with E-state index in [0.717, 1.165) is 6.07 Å². The SMILES string of the molecule is COCC(=O)N1CCN(S(=O)(=O)c2cccc(F)c2)CC1. The van der Waals surface area contributed by atoms with Crippen molar-refractivity contribution in [2.75, 3.05) is 39.9 Å². The van der Waals surface area contributed by atoms with E-state index in [-0.39, 0.29) is 30.5 Å². The predicted molar refractivity (Wildman–Crippen MR) is 73.6 cm³/mol. The first-order chi connectivity index (χ1) is 9.95. The van der Waals surface area contributed by atoms with Crippen LogP contribution in [-0.2, 0) is 19.6 Å². The Hall–Kier alpha value is -1.51. The second-order valence-electron chi connectivity index (χ2n) is 4.68. The van der Waals surface area contributed by atoms with Crippen molar-refractivity contribution in [2.45, 2.75) is 4.90 Å². The summed E-state index contributed by atoms with van der Waals surface area (Å²) in [4.78, 5) is 13.1. The summed E-state index contributed by atoms with van der Waals surface area (Å²) in [5.74, 6) is -0.759. The van der Waals surface area contributed by atoms with Crippen LogP contribution in [0.15, 0.2) is 29.2 Å². The van der Waals surface area contributed by atoms with Gasteiger partial charge in [0.15, 0.2) is 0 Å². The average Bonchev–Trinajstić information content (AvgIpc) is 2.47. The van der Waals surface area contributed by atoms with Crippen molar-refractivity contribution >= 4 is 15.9 Å². The Morgan fingerprint density at radius 2 is 1.95 bits per heavy atom. The first kappa shape index (κ1) is 15.9. The van der Waals surface area contributed by atoms with Gasteiger partial charge in [-0.05, 0) is 18.2 Å². The molecule has 0 aliphatic carbocycles. The topological polar surface area (TPSA) is 66.9 Å². The molecule has 1 fully saturated rings. The van der Waals surface area contributed by atoms with Crippen LogP contribution >= 0.6 is 0 Å². The van der Waals surface area contributed by atoms with Crippen molar-refractivity contribution in [3.63, 3.8) is 0 Å². The van der Waals surface area contributed by atoms with E-state index in [0.29, 0.717) is 13.1 Å². The van der Waals surface area contributed by atoms with Crippen molar-refractivity contribution in [1.82, 2.24) is 9.21 Å². The molecule has 0 bridgehead atoms. The van der Waals surface area contributed by atoms with E-state index in [9.17, 15) is 17.6 Å². The molecule has 1 heterocycles. The van der Waals surface area contributed by atoms with Crippen molar-refractivity contribution in [2.24, 2.45) is 0 Å². The van der Waals surface area contributed by atoms with Crippen molar-refractivity contribution in [3.8, 4) is 0 Å². The normalized spacial score (nSPS) is 17.0. The standard InChI is InChI=1S/C13H17FN2O4S/c1-20-10-13(17)15-5-7-16(8-6-15)21(18,19)12-4-2-3-11(14)9-12/h2-4,9H,5-8,10H2,1H3. The highest BCUT2D eigenvalue weighted by Crippen LogP contribution is 2.18. The van der Waals surface area contributed by atoms with Gasteiger partial charge in [0.25, 0.3) is 0 Å². The van der Waals surface area contributed by atoms with E-state index in [1.807, 2.05) is 0 Å². The van der Waals surface area contributed by atoms with E-state index in [4.69, 9.17) is 4.74 Å². The summed E-state index contributed by atoms with van der Waals surface area (Å²) in [5, 5.41) is 0. The van der Waals surface area contributed by atoms with Gasteiger partial charge in [0.1, 0.15) is 12.4 Å². The number of carbonyl (C=O) groups is 1. The Balaban J connectivity index is 2.06.